The van der Waals surface area contributed by atoms with Crippen LogP contribution in [-0.4, -0.2) is 12.3 Å². The minimum atomic E-state index is 0.446. The van der Waals surface area contributed by atoms with Gasteiger partial charge in [0.25, 0.3) is 0 Å². The molecule has 0 amide bonds. The molecule has 0 aliphatic carbocycles. The molecule has 0 aliphatic rings. The lowest BCUT2D eigenvalue weighted by molar-refractivity contribution is 0.605. The van der Waals surface area contributed by atoms with Crippen LogP contribution in [0.1, 0.15) is 29.0 Å². The molecule has 1 aromatic carbocycles. The largest absolute Gasteiger partial charge is 0.309 e. The van der Waals surface area contributed by atoms with E-state index in [4.69, 9.17) is 0 Å². The SMILES string of the molecule is CCNC(CSc1cccc(C)c1)c1ccsc1C. The molecule has 0 saturated heterocycles. The maximum absolute atomic E-state index is 3.60. The lowest BCUT2D eigenvalue weighted by Gasteiger charge is -2.18. The van der Waals surface area contributed by atoms with Gasteiger partial charge in [-0.05, 0) is 49.5 Å². The zero-order valence-corrected chi connectivity index (χ0v) is 13.4. The highest BCUT2D eigenvalue weighted by molar-refractivity contribution is 7.99. The van der Waals surface area contributed by atoms with Gasteiger partial charge in [0.05, 0.1) is 0 Å². The fraction of sp³-hybridized carbons (Fsp3) is 0.375. The molecule has 2 rings (SSSR count). The van der Waals surface area contributed by atoms with Crippen LogP contribution in [-0.2, 0) is 0 Å². The molecule has 1 aromatic heterocycles. The Bertz CT molecular complexity index is 519. The van der Waals surface area contributed by atoms with E-state index < -0.39 is 0 Å². The van der Waals surface area contributed by atoms with Crippen molar-refractivity contribution in [3.8, 4) is 0 Å². The molecule has 19 heavy (non-hydrogen) atoms. The molecule has 0 radical (unpaired) electrons. The van der Waals surface area contributed by atoms with Gasteiger partial charge >= 0.3 is 0 Å². The summed E-state index contributed by atoms with van der Waals surface area (Å²) in [7, 11) is 0. The number of thiophene rings is 1. The van der Waals surface area contributed by atoms with Gasteiger partial charge < -0.3 is 5.32 Å². The molecule has 0 bridgehead atoms. The lowest BCUT2D eigenvalue weighted by atomic mass is 10.1. The zero-order valence-electron chi connectivity index (χ0n) is 11.8. The third-order valence-electron chi connectivity index (χ3n) is 3.13. The van der Waals surface area contributed by atoms with E-state index in [2.05, 4.69) is 61.8 Å². The van der Waals surface area contributed by atoms with Gasteiger partial charge in [-0.1, -0.05) is 24.6 Å². The van der Waals surface area contributed by atoms with E-state index in [1.807, 2.05) is 23.1 Å². The van der Waals surface area contributed by atoms with Gasteiger partial charge in [0.2, 0.25) is 0 Å². The van der Waals surface area contributed by atoms with Crippen LogP contribution in [0.2, 0.25) is 0 Å². The molecule has 0 saturated carbocycles. The smallest absolute Gasteiger partial charge is 0.0426 e. The van der Waals surface area contributed by atoms with Gasteiger partial charge in [-0.3, -0.25) is 0 Å². The molecule has 102 valence electrons. The van der Waals surface area contributed by atoms with Crippen LogP contribution in [0.3, 0.4) is 0 Å². The fourth-order valence-corrected chi connectivity index (χ4v) is 4.01. The number of rotatable bonds is 6. The quantitative estimate of drug-likeness (QED) is 0.767. The number of hydrogen-bond donors (Lipinski definition) is 1. The van der Waals surface area contributed by atoms with Crippen molar-refractivity contribution in [2.75, 3.05) is 12.3 Å². The molecular formula is C16H21NS2. The van der Waals surface area contributed by atoms with Crippen molar-refractivity contribution >= 4 is 23.1 Å². The Labute approximate surface area is 124 Å². The Morgan fingerprint density at radius 3 is 2.74 bits per heavy atom. The summed E-state index contributed by atoms with van der Waals surface area (Å²) in [6, 6.07) is 11.4. The van der Waals surface area contributed by atoms with E-state index >= 15 is 0 Å². The van der Waals surface area contributed by atoms with E-state index in [-0.39, 0.29) is 0 Å². The maximum atomic E-state index is 3.60. The van der Waals surface area contributed by atoms with E-state index in [0.717, 1.165) is 12.3 Å². The summed E-state index contributed by atoms with van der Waals surface area (Å²) in [6.45, 7) is 7.54. The lowest BCUT2D eigenvalue weighted by Crippen LogP contribution is -2.23. The van der Waals surface area contributed by atoms with E-state index in [0.29, 0.717) is 6.04 Å². The number of aryl methyl sites for hydroxylation is 2. The summed E-state index contributed by atoms with van der Waals surface area (Å²) in [5.74, 6) is 1.08. The van der Waals surface area contributed by atoms with Crippen LogP contribution in [0.4, 0.5) is 0 Å². The van der Waals surface area contributed by atoms with Crippen LogP contribution in [0.5, 0.6) is 0 Å². The van der Waals surface area contributed by atoms with Crippen LogP contribution in [0.15, 0.2) is 40.6 Å². The molecule has 1 N–H and O–H groups in total. The molecule has 1 atom stereocenters. The molecule has 1 nitrogen and oxygen atoms in total. The molecule has 0 aliphatic heterocycles. The highest BCUT2D eigenvalue weighted by Gasteiger charge is 2.13. The second-order valence-electron chi connectivity index (χ2n) is 4.67. The minimum absolute atomic E-state index is 0.446. The molecule has 3 heteroatoms. The van der Waals surface area contributed by atoms with Gasteiger partial charge in [-0.25, -0.2) is 0 Å². The van der Waals surface area contributed by atoms with Crippen LogP contribution >= 0.6 is 23.1 Å². The van der Waals surface area contributed by atoms with Crippen molar-refractivity contribution in [1.29, 1.82) is 0 Å². The fourth-order valence-electron chi connectivity index (χ4n) is 2.15. The van der Waals surface area contributed by atoms with Crippen molar-refractivity contribution in [2.24, 2.45) is 0 Å². The van der Waals surface area contributed by atoms with Gasteiger partial charge in [0.15, 0.2) is 0 Å². The van der Waals surface area contributed by atoms with Crippen molar-refractivity contribution in [2.45, 2.75) is 31.7 Å². The molecular weight excluding hydrogens is 270 g/mol. The Kier molecular flexibility index (Phi) is 5.49. The summed E-state index contributed by atoms with van der Waals surface area (Å²) in [6.07, 6.45) is 0. The normalized spacial score (nSPS) is 12.6. The number of hydrogen-bond acceptors (Lipinski definition) is 3. The number of thioether (sulfide) groups is 1. The standard InChI is InChI=1S/C16H21NS2/c1-4-17-16(15-8-9-18-13(15)3)11-19-14-7-5-6-12(2)10-14/h5-10,16-17H,4,11H2,1-3H3. The summed E-state index contributed by atoms with van der Waals surface area (Å²) in [5.41, 5.74) is 2.78. The first-order chi connectivity index (χ1) is 9.20. The Balaban J connectivity index is 2.04. The molecule has 1 unspecified atom stereocenters. The predicted molar refractivity (Wildman–Crippen MR) is 87.4 cm³/mol. The Morgan fingerprint density at radius 2 is 2.11 bits per heavy atom. The average Bonchev–Trinajstić information content (AvgIpc) is 2.81. The van der Waals surface area contributed by atoms with E-state index in [1.54, 1.807) is 0 Å². The van der Waals surface area contributed by atoms with Crippen LogP contribution in [0, 0.1) is 13.8 Å². The van der Waals surface area contributed by atoms with Gasteiger partial charge in [0, 0.05) is 21.6 Å². The predicted octanol–water partition coefficient (Wildman–Crippen LogP) is 4.81. The monoisotopic (exact) mass is 291 g/mol. The van der Waals surface area contributed by atoms with Gasteiger partial charge in [-0.2, -0.15) is 0 Å². The van der Waals surface area contributed by atoms with Gasteiger partial charge in [-0.15, -0.1) is 23.1 Å². The first-order valence-corrected chi connectivity index (χ1v) is 8.54. The molecule has 0 fully saturated rings. The van der Waals surface area contributed by atoms with Crippen LogP contribution in [0.25, 0.3) is 0 Å². The summed E-state index contributed by atoms with van der Waals surface area (Å²) in [5, 5.41) is 5.78. The number of benzene rings is 1. The van der Waals surface area contributed by atoms with Crippen molar-refractivity contribution in [1.82, 2.24) is 5.32 Å². The van der Waals surface area contributed by atoms with Crippen molar-refractivity contribution in [3.05, 3.63) is 51.7 Å². The molecule has 1 heterocycles. The second kappa shape index (κ2) is 7.13. The number of nitrogens with one attached hydrogen (secondary N) is 1. The maximum Gasteiger partial charge on any atom is 0.0426 e. The van der Waals surface area contributed by atoms with Crippen molar-refractivity contribution in [3.63, 3.8) is 0 Å². The summed E-state index contributed by atoms with van der Waals surface area (Å²) >= 11 is 3.77. The van der Waals surface area contributed by atoms with Crippen molar-refractivity contribution < 1.29 is 0 Å². The van der Waals surface area contributed by atoms with Gasteiger partial charge in [0.1, 0.15) is 0 Å². The highest BCUT2D eigenvalue weighted by atomic mass is 32.2. The minimum Gasteiger partial charge on any atom is -0.309 e. The summed E-state index contributed by atoms with van der Waals surface area (Å²) < 4.78 is 0. The average molecular weight is 291 g/mol. The third kappa shape index (κ3) is 4.10. The third-order valence-corrected chi connectivity index (χ3v) is 5.08. The first kappa shape index (κ1) is 14.6. The Hall–Kier alpha value is -0.770. The Morgan fingerprint density at radius 1 is 1.26 bits per heavy atom. The summed E-state index contributed by atoms with van der Waals surface area (Å²) in [4.78, 5) is 2.78. The zero-order chi connectivity index (χ0) is 13.7. The van der Waals surface area contributed by atoms with E-state index in [9.17, 15) is 0 Å². The molecule has 2 aromatic rings. The van der Waals surface area contributed by atoms with E-state index in [1.165, 1.54) is 20.9 Å². The van der Waals surface area contributed by atoms with Crippen LogP contribution < -0.4 is 5.32 Å². The topological polar surface area (TPSA) is 12.0 Å². The molecule has 0 spiro atoms. The highest BCUT2D eigenvalue weighted by Crippen LogP contribution is 2.29. The second-order valence-corrected chi connectivity index (χ2v) is 6.88. The first-order valence-electron chi connectivity index (χ1n) is 6.67.